The Labute approximate surface area is 189 Å². The molecule has 1 fully saturated rings. The molecule has 0 saturated carbocycles. The molecule has 2 heterocycles. The number of amides is 1. The van der Waals surface area contributed by atoms with Crippen LogP contribution in [0.15, 0.2) is 89.9 Å². The van der Waals surface area contributed by atoms with Crippen molar-refractivity contribution in [2.45, 2.75) is 19.4 Å². The van der Waals surface area contributed by atoms with Gasteiger partial charge in [-0.15, -0.1) is 0 Å². The van der Waals surface area contributed by atoms with Gasteiger partial charge in [-0.05, 0) is 42.3 Å². The van der Waals surface area contributed by atoms with E-state index in [-0.39, 0.29) is 11.9 Å². The van der Waals surface area contributed by atoms with Crippen molar-refractivity contribution in [2.75, 3.05) is 36.0 Å². The molecule has 32 heavy (non-hydrogen) atoms. The van der Waals surface area contributed by atoms with Gasteiger partial charge in [0.05, 0.1) is 5.69 Å². The number of hydrogen-bond acceptors (Lipinski definition) is 4. The van der Waals surface area contributed by atoms with Crippen LogP contribution in [0.4, 0.5) is 11.4 Å². The van der Waals surface area contributed by atoms with Gasteiger partial charge in [0.2, 0.25) is 5.96 Å². The summed E-state index contributed by atoms with van der Waals surface area (Å²) in [4.78, 5) is 25.0. The molecule has 5 nitrogen and oxygen atoms in total. The van der Waals surface area contributed by atoms with Gasteiger partial charge in [-0.25, -0.2) is 9.89 Å². The minimum absolute atomic E-state index is 0.0555. The molecule has 1 amide bonds. The lowest BCUT2D eigenvalue weighted by Crippen LogP contribution is -2.53. The van der Waals surface area contributed by atoms with E-state index in [1.54, 1.807) is 0 Å². The van der Waals surface area contributed by atoms with Crippen LogP contribution in [0.2, 0.25) is 0 Å². The highest BCUT2D eigenvalue weighted by Gasteiger charge is 2.39. The molecule has 1 unspecified atom stereocenters. The summed E-state index contributed by atoms with van der Waals surface area (Å²) in [5, 5.41) is 0. The van der Waals surface area contributed by atoms with Crippen molar-refractivity contribution >= 4 is 23.2 Å². The van der Waals surface area contributed by atoms with Crippen LogP contribution in [0.3, 0.4) is 0 Å². The van der Waals surface area contributed by atoms with Gasteiger partial charge in [0.25, 0.3) is 5.91 Å². The van der Waals surface area contributed by atoms with Crippen LogP contribution in [0.1, 0.15) is 11.1 Å². The first kappa shape index (κ1) is 20.3. The molecule has 162 valence electrons. The number of para-hydroxylation sites is 1. The highest BCUT2D eigenvalue weighted by Crippen LogP contribution is 2.27. The number of anilines is 2. The summed E-state index contributed by atoms with van der Waals surface area (Å²) in [7, 11) is 0. The van der Waals surface area contributed by atoms with E-state index in [1.807, 2.05) is 41.3 Å². The molecule has 0 N–H and O–H groups in total. The van der Waals surface area contributed by atoms with Crippen molar-refractivity contribution in [1.29, 1.82) is 0 Å². The normalized spacial score (nSPS) is 18.8. The van der Waals surface area contributed by atoms with E-state index >= 15 is 0 Å². The summed E-state index contributed by atoms with van der Waals surface area (Å²) in [6.45, 7) is 5.54. The molecule has 0 bridgehead atoms. The smallest absolute Gasteiger partial charge is 0.259 e. The maximum Gasteiger partial charge on any atom is 0.259 e. The quantitative estimate of drug-likeness (QED) is 0.632. The van der Waals surface area contributed by atoms with Crippen LogP contribution in [0.25, 0.3) is 0 Å². The number of aliphatic imine (C=N–C) groups is 1. The highest BCUT2D eigenvalue weighted by molar-refractivity contribution is 6.22. The predicted molar refractivity (Wildman–Crippen MR) is 130 cm³/mol. The average molecular weight is 425 g/mol. The minimum Gasteiger partial charge on any atom is -0.368 e. The molecule has 0 aliphatic carbocycles. The van der Waals surface area contributed by atoms with E-state index in [1.165, 1.54) is 5.69 Å². The van der Waals surface area contributed by atoms with E-state index in [0.717, 1.165) is 49.0 Å². The Kier molecular flexibility index (Phi) is 5.63. The standard InChI is InChI=1S/C27H28N4O/c1-21-9-8-14-24(19-21)31-26(32)25(20-22-10-4-2-5-11-22)28-27(31)30-17-15-29(16-18-30)23-12-6-3-7-13-23/h2-14,19,25H,15-18,20H2,1H3. The fraction of sp³-hybridized carbons (Fsp3) is 0.259. The van der Waals surface area contributed by atoms with Crippen LogP contribution < -0.4 is 9.80 Å². The van der Waals surface area contributed by atoms with E-state index in [0.29, 0.717) is 6.42 Å². The minimum atomic E-state index is -0.389. The SMILES string of the molecule is Cc1cccc(N2C(=O)C(Cc3ccccc3)N=C2N2CCN(c3ccccc3)CC2)c1. The van der Waals surface area contributed by atoms with Gasteiger partial charge in [0, 0.05) is 38.3 Å². The topological polar surface area (TPSA) is 39.2 Å². The number of piperazine rings is 1. The third-order valence-corrected chi connectivity index (χ3v) is 6.19. The molecular formula is C27H28N4O. The molecule has 2 aliphatic rings. The molecule has 0 spiro atoms. The van der Waals surface area contributed by atoms with E-state index < -0.39 is 0 Å². The first-order chi connectivity index (χ1) is 15.7. The Morgan fingerprint density at radius 2 is 1.41 bits per heavy atom. The number of guanidine groups is 1. The lowest BCUT2D eigenvalue weighted by Gasteiger charge is -2.38. The number of carbonyl (C=O) groups excluding carboxylic acids is 1. The van der Waals surface area contributed by atoms with Crippen molar-refractivity contribution in [3.63, 3.8) is 0 Å². The summed E-state index contributed by atoms with van der Waals surface area (Å²) in [6.07, 6.45) is 0.621. The van der Waals surface area contributed by atoms with E-state index in [9.17, 15) is 4.79 Å². The number of rotatable bonds is 4. The fourth-order valence-corrected chi connectivity index (χ4v) is 4.51. The summed E-state index contributed by atoms with van der Waals surface area (Å²) in [6, 6.07) is 28.4. The van der Waals surface area contributed by atoms with Crippen molar-refractivity contribution in [3.8, 4) is 0 Å². The monoisotopic (exact) mass is 424 g/mol. The van der Waals surface area contributed by atoms with Crippen molar-refractivity contribution in [2.24, 2.45) is 4.99 Å². The predicted octanol–water partition coefficient (Wildman–Crippen LogP) is 4.13. The molecule has 3 aromatic rings. The van der Waals surface area contributed by atoms with E-state index in [4.69, 9.17) is 4.99 Å². The zero-order chi connectivity index (χ0) is 21.9. The Balaban J connectivity index is 1.40. The fourth-order valence-electron chi connectivity index (χ4n) is 4.51. The molecule has 5 rings (SSSR count). The second-order valence-electron chi connectivity index (χ2n) is 8.46. The summed E-state index contributed by atoms with van der Waals surface area (Å²) in [5.41, 5.74) is 4.41. The van der Waals surface area contributed by atoms with Crippen LogP contribution >= 0.6 is 0 Å². The van der Waals surface area contributed by atoms with Crippen LogP contribution in [0, 0.1) is 6.92 Å². The Hall–Kier alpha value is -3.60. The molecule has 5 heteroatoms. The summed E-state index contributed by atoms with van der Waals surface area (Å²) in [5.74, 6) is 0.842. The molecule has 0 aromatic heterocycles. The number of benzene rings is 3. The molecule has 3 aromatic carbocycles. The Bertz CT molecular complexity index is 1100. The molecule has 0 radical (unpaired) electrons. The lowest BCUT2D eigenvalue weighted by atomic mass is 10.1. The zero-order valence-electron chi connectivity index (χ0n) is 18.4. The Morgan fingerprint density at radius 1 is 0.781 bits per heavy atom. The number of carbonyl (C=O) groups is 1. The maximum atomic E-state index is 13.5. The maximum absolute atomic E-state index is 13.5. The van der Waals surface area contributed by atoms with Gasteiger partial charge < -0.3 is 9.80 Å². The van der Waals surface area contributed by atoms with Crippen LogP contribution in [-0.4, -0.2) is 49.0 Å². The molecule has 1 atom stereocenters. The van der Waals surface area contributed by atoms with E-state index in [2.05, 4.69) is 65.3 Å². The number of aryl methyl sites for hydroxylation is 1. The van der Waals surface area contributed by atoms with Crippen LogP contribution in [-0.2, 0) is 11.2 Å². The average Bonchev–Trinajstić information content (AvgIpc) is 3.16. The van der Waals surface area contributed by atoms with Gasteiger partial charge >= 0.3 is 0 Å². The largest absolute Gasteiger partial charge is 0.368 e. The molecule has 1 saturated heterocycles. The third kappa shape index (κ3) is 4.11. The van der Waals surface area contributed by atoms with Gasteiger partial charge in [-0.3, -0.25) is 4.79 Å². The number of nitrogens with zero attached hydrogens (tertiary/aromatic N) is 4. The highest BCUT2D eigenvalue weighted by atomic mass is 16.2. The molecule has 2 aliphatic heterocycles. The Morgan fingerprint density at radius 3 is 2.09 bits per heavy atom. The first-order valence-electron chi connectivity index (χ1n) is 11.3. The van der Waals surface area contributed by atoms with Gasteiger partial charge in [0.15, 0.2) is 0 Å². The second kappa shape index (κ2) is 8.87. The van der Waals surface area contributed by atoms with Crippen LogP contribution in [0.5, 0.6) is 0 Å². The second-order valence-corrected chi connectivity index (χ2v) is 8.46. The third-order valence-electron chi connectivity index (χ3n) is 6.19. The van der Waals surface area contributed by atoms with Crippen molar-refractivity contribution in [3.05, 3.63) is 96.1 Å². The zero-order valence-corrected chi connectivity index (χ0v) is 18.4. The van der Waals surface area contributed by atoms with Gasteiger partial charge in [0.1, 0.15) is 6.04 Å². The van der Waals surface area contributed by atoms with Gasteiger partial charge in [-0.2, -0.15) is 0 Å². The summed E-state index contributed by atoms with van der Waals surface area (Å²) < 4.78 is 0. The summed E-state index contributed by atoms with van der Waals surface area (Å²) >= 11 is 0. The first-order valence-corrected chi connectivity index (χ1v) is 11.3. The number of hydrogen-bond donors (Lipinski definition) is 0. The molecular weight excluding hydrogens is 396 g/mol. The lowest BCUT2D eigenvalue weighted by molar-refractivity contribution is -0.118. The van der Waals surface area contributed by atoms with Gasteiger partial charge in [-0.1, -0.05) is 60.7 Å². The van der Waals surface area contributed by atoms with Crippen molar-refractivity contribution in [1.82, 2.24) is 4.90 Å². The van der Waals surface area contributed by atoms with Crippen molar-refractivity contribution < 1.29 is 4.79 Å².